The lowest BCUT2D eigenvalue weighted by Crippen LogP contribution is -2.07. The molecule has 3 nitrogen and oxygen atoms in total. The van der Waals surface area contributed by atoms with Crippen LogP contribution in [0.2, 0.25) is 0 Å². The Labute approximate surface area is 133 Å². The zero-order chi connectivity index (χ0) is 15.1. The van der Waals surface area contributed by atoms with Gasteiger partial charge in [0.15, 0.2) is 0 Å². The Hall–Kier alpha value is -1.55. The van der Waals surface area contributed by atoms with E-state index in [9.17, 15) is 4.79 Å². The van der Waals surface area contributed by atoms with Gasteiger partial charge in [0, 0.05) is 5.33 Å². The summed E-state index contributed by atoms with van der Waals surface area (Å²) in [6.07, 6.45) is 3.20. The van der Waals surface area contributed by atoms with Gasteiger partial charge in [-0.2, -0.15) is 0 Å². The number of alkyl halides is 1. The average molecular weight is 351 g/mol. The zero-order valence-corrected chi connectivity index (χ0v) is 13.7. The Morgan fingerprint density at radius 2 is 1.81 bits per heavy atom. The number of carbonyl (C=O) groups is 1. The van der Waals surface area contributed by atoms with Crippen LogP contribution in [0.5, 0.6) is 5.75 Å². The monoisotopic (exact) mass is 350 g/mol. The molecule has 2 rings (SSSR count). The molecule has 0 radical (unpaired) electrons. The fourth-order valence-corrected chi connectivity index (χ4v) is 2.56. The highest BCUT2D eigenvalue weighted by Crippen LogP contribution is 2.27. The molecule has 0 aliphatic rings. The third-order valence-corrected chi connectivity index (χ3v) is 3.85. The number of halogens is 1. The first kappa shape index (κ1) is 15.8. The van der Waals surface area contributed by atoms with Crippen molar-refractivity contribution in [2.24, 2.45) is 0 Å². The second-order valence-electron chi connectivity index (χ2n) is 4.79. The number of rotatable bonds is 7. The van der Waals surface area contributed by atoms with Gasteiger partial charge in [-0.1, -0.05) is 40.2 Å². The summed E-state index contributed by atoms with van der Waals surface area (Å²) in [5.74, 6) is 0.232. The molecule has 112 valence electrons. The van der Waals surface area contributed by atoms with Gasteiger partial charge in [0.1, 0.15) is 11.3 Å². The van der Waals surface area contributed by atoms with Crippen LogP contribution in [0.15, 0.2) is 36.4 Å². The number of ether oxygens (including phenoxy) is 2. The first-order valence-electron chi connectivity index (χ1n) is 7.06. The van der Waals surface area contributed by atoms with Gasteiger partial charge in [0.05, 0.1) is 13.7 Å². The average Bonchev–Trinajstić information content (AvgIpc) is 2.53. The van der Waals surface area contributed by atoms with E-state index in [1.807, 2.05) is 36.4 Å². The molecule has 0 spiro atoms. The Balaban J connectivity index is 2.20. The molecule has 0 fully saturated rings. The van der Waals surface area contributed by atoms with Crippen molar-refractivity contribution >= 4 is 32.7 Å². The number of hydrogen-bond acceptors (Lipinski definition) is 3. The number of unbranched alkanes of at least 4 members (excludes halogenated alkanes) is 2. The number of carbonyl (C=O) groups excluding carboxylic acids is 1. The van der Waals surface area contributed by atoms with E-state index < -0.39 is 0 Å². The van der Waals surface area contributed by atoms with Crippen molar-refractivity contribution in [3.05, 3.63) is 42.0 Å². The first-order chi connectivity index (χ1) is 10.3. The van der Waals surface area contributed by atoms with Crippen LogP contribution in [0.3, 0.4) is 0 Å². The third kappa shape index (κ3) is 4.21. The highest BCUT2D eigenvalue weighted by Gasteiger charge is 2.14. The van der Waals surface area contributed by atoms with Crippen molar-refractivity contribution in [1.82, 2.24) is 0 Å². The maximum Gasteiger partial charge on any atom is 0.341 e. The van der Waals surface area contributed by atoms with E-state index in [4.69, 9.17) is 9.47 Å². The topological polar surface area (TPSA) is 35.5 Å². The lowest BCUT2D eigenvalue weighted by Gasteiger charge is -2.12. The molecule has 0 saturated heterocycles. The van der Waals surface area contributed by atoms with Crippen LogP contribution in [0.1, 0.15) is 29.6 Å². The lowest BCUT2D eigenvalue weighted by molar-refractivity contribution is 0.0596. The largest absolute Gasteiger partial charge is 0.493 e. The SMILES string of the molecule is COC(=O)c1cc2ccccc2cc1OCCCCCBr. The molecule has 0 aliphatic carbocycles. The van der Waals surface area contributed by atoms with Crippen LogP contribution >= 0.6 is 15.9 Å². The molecule has 0 unspecified atom stereocenters. The van der Waals surface area contributed by atoms with Crippen molar-refractivity contribution < 1.29 is 14.3 Å². The van der Waals surface area contributed by atoms with Gasteiger partial charge in [-0.3, -0.25) is 0 Å². The summed E-state index contributed by atoms with van der Waals surface area (Å²) < 4.78 is 10.6. The summed E-state index contributed by atoms with van der Waals surface area (Å²) in [6, 6.07) is 11.6. The third-order valence-electron chi connectivity index (χ3n) is 3.29. The van der Waals surface area contributed by atoms with Crippen LogP contribution < -0.4 is 4.74 Å². The van der Waals surface area contributed by atoms with Gasteiger partial charge in [0.2, 0.25) is 0 Å². The summed E-state index contributed by atoms with van der Waals surface area (Å²) in [5, 5.41) is 3.07. The van der Waals surface area contributed by atoms with E-state index in [1.54, 1.807) is 0 Å². The van der Waals surface area contributed by atoms with E-state index >= 15 is 0 Å². The number of esters is 1. The van der Waals surface area contributed by atoms with Crippen molar-refractivity contribution in [2.45, 2.75) is 19.3 Å². The summed E-state index contributed by atoms with van der Waals surface area (Å²) in [6.45, 7) is 0.606. The van der Waals surface area contributed by atoms with Gasteiger partial charge in [0.25, 0.3) is 0 Å². The Bertz CT molecular complexity index is 610. The minimum absolute atomic E-state index is 0.365. The highest BCUT2D eigenvalue weighted by molar-refractivity contribution is 9.09. The Morgan fingerprint density at radius 3 is 2.48 bits per heavy atom. The van der Waals surface area contributed by atoms with E-state index in [0.717, 1.165) is 35.4 Å². The van der Waals surface area contributed by atoms with Gasteiger partial charge in [-0.15, -0.1) is 0 Å². The predicted molar refractivity (Wildman–Crippen MR) is 88.4 cm³/mol. The molecule has 4 heteroatoms. The van der Waals surface area contributed by atoms with E-state index in [2.05, 4.69) is 15.9 Å². The number of hydrogen-bond donors (Lipinski definition) is 0. The molecular formula is C17H19BrO3. The van der Waals surface area contributed by atoms with Crippen LogP contribution in [0.4, 0.5) is 0 Å². The molecule has 21 heavy (non-hydrogen) atoms. The molecule has 0 atom stereocenters. The number of fused-ring (bicyclic) bond motifs is 1. The fourth-order valence-electron chi connectivity index (χ4n) is 2.16. The molecule has 0 heterocycles. The smallest absolute Gasteiger partial charge is 0.341 e. The first-order valence-corrected chi connectivity index (χ1v) is 8.18. The predicted octanol–water partition coefficient (Wildman–Crippen LogP) is 4.57. The van der Waals surface area contributed by atoms with Crippen molar-refractivity contribution in [3.8, 4) is 5.75 Å². The van der Waals surface area contributed by atoms with Gasteiger partial charge >= 0.3 is 5.97 Å². The molecule has 0 aromatic heterocycles. The second-order valence-corrected chi connectivity index (χ2v) is 5.58. The van der Waals surface area contributed by atoms with Gasteiger partial charge in [-0.25, -0.2) is 4.79 Å². The fraction of sp³-hybridized carbons (Fsp3) is 0.353. The normalized spacial score (nSPS) is 10.6. The lowest BCUT2D eigenvalue weighted by atomic mass is 10.1. The molecule has 2 aromatic rings. The van der Waals surface area contributed by atoms with Crippen LogP contribution in [0.25, 0.3) is 10.8 Å². The zero-order valence-electron chi connectivity index (χ0n) is 12.1. The van der Waals surface area contributed by atoms with Crippen molar-refractivity contribution in [3.63, 3.8) is 0 Å². The van der Waals surface area contributed by atoms with Crippen LogP contribution in [0, 0.1) is 0 Å². The van der Waals surface area contributed by atoms with Gasteiger partial charge < -0.3 is 9.47 Å². The molecule has 0 aliphatic heterocycles. The molecular weight excluding hydrogens is 332 g/mol. The van der Waals surface area contributed by atoms with E-state index in [0.29, 0.717) is 17.9 Å². The standard InChI is InChI=1S/C17H19BrO3/c1-20-17(19)15-11-13-7-3-4-8-14(13)12-16(15)21-10-6-2-5-9-18/h3-4,7-8,11-12H,2,5-6,9-10H2,1H3. The minimum atomic E-state index is -0.365. The number of methoxy groups -OCH3 is 1. The quantitative estimate of drug-likeness (QED) is 0.416. The van der Waals surface area contributed by atoms with Crippen LogP contribution in [-0.4, -0.2) is 25.0 Å². The number of benzene rings is 2. The minimum Gasteiger partial charge on any atom is -0.493 e. The van der Waals surface area contributed by atoms with Crippen LogP contribution in [-0.2, 0) is 4.74 Å². The molecule has 0 saturated carbocycles. The highest BCUT2D eigenvalue weighted by atomic mass is 79.9. The van der Waals surface area contributed by atoms with Gasteiger partial charge in [-0.05, 0) is 42.2 Å². The maximum absolute atomic E-state index is 11.9. The molecule has 0 N–H and O–H groups in total. The molecule has 0 bridgehead atoms. The molecule has 2 aromatic carbocycles. The maximum atomic E-state index is 11.9. The molecule has 0 amide bonds. The Morgan fingerprint density at radius 1 is 1.10 bits per heavy atom. The Kier molecular flexibility index (Phi) is 6.05. The van der Waals surface area contributed by atoms with Crippen molar-refractivity contribution in [1.29, 1.82) is 0 Å². The summed E-state index contributed by atoms with van der Waals surface area (Å²) in [4.78, 5) is 11.9. The van der Waals surface area contributed by atoms with Crippen molar-refractivity contribution in [2.75, 3.05) is 19.0 Å². The summed E-state index contributed by atoms with van der Waals surface area (Å²) in [5.41, 5.74) is 0.483. The summed E-state index contributed by atoms with van der Waals surface area (Å²) in [7, 11) is 1.39. The second kappa shape index (κ2) is 8.03. The summed E-state index contributed by atoms with van der Waals surface area (Å²) >= 11 is 3.41. The van der Waals surface area contributed by atoms with E-state index in [1.165, 1.54) is 7.11 Å². The van der Waals surface area contributed by atoms with E-state index in [-0.39, 0.29) is 5.97 Å².